The summed E-state index contributed by atoms with van der Waals surface area (Å²) in [6.07, 6.45) is 1.42. The lowest BCUT2D eigenvalue weighted by Gasteiger charge is -2.17. The van der Waals surface area contributed by atoms with Crippen LogP contribution in [0.25, 0.3) is 0 Å². The predicted molar refractivity (Wildman–Crippen MR) is 78.1 cm³/mol. The molecular formula is C14H24N2O3. The Morgan fingerprint density at radius 2 is 1.68 bits per heavy atom. The predicted octanol–water partition coefficient (Wildman–Crippen LogP) is 1.59. The first kappa shape index (κ1) is 15.6. The molecule has 0 saturated carbocycles. The van der Waals surface area contributed by atoms with Crippen LogP contribution in [0.2, 0.25) is 0 Å². The third kappa shape index (κ3) is 4.61. The summed E-state index contributed by atoms with van der Waals surface area (Å²) < 4.78 is 5.34. The van der Waals surface area contributed by atoms with E-state index in [2.05, 4.69) is 10.6 Å². The van der Waals surface area contributed by atoms with Crippen LogP contribution in [0, 0.1) is 6.92 Å². The zero-order valence-electron chi connectivity index (χ0n) is 11.7. The third-order valence-electron chi connectivity index (χ3n) is 2.93. The molecule has 0 saturated heterocycles. The minimum Gasteiger partial charge on any atom is -0.495 e. The molecule has 4 N–H and O–H groups in total. The molecule has 0 aliphatic carbocycles. The maximum atomic E-state index is 8.83. The van der Waals surface area contributed by atoms with Gasteiger partial charge in [-0.1, -0.05) is 0 Å². The van der Waals surface area contributed by atoms with E-state index in [1.54, 1.807) is 7.11 Å². The Bertz CT molecular complexity index is 383. The van der Waals surface area contributed by atoms with Crippen molar-refractivity contribution in [3.8, 4) is 5.75 Å². The number of nitrogens with one attached hydrogen (secondary N) is 2. The monoisotopic (exact) mass is 268 g/mol. The number of aliphatic hydroxyl groups excluding tert-OH is 2. The fraction of sp³-hybridized carbons (Fsp3) is 0.571. The van der Waals surface area contributed by atoms with Crippen molar-refractivity contribution in [1.82, 2.24) is 0 Å². The highest BCUT2D eigenvalue weighted by Crippen LogP contribution is 2.33. The Labute approximate surface area is 114 Å². The van der Waals surface area contributed by atoms with Gasteiger partial charge in [-0.3, -0.25) is 0 Å². The van der Waals surface area contributed by atoms with Crippen molar-refractivity contribution in [1.29, 1.82) is 0 Å². The van der Waals surface area contributed by atoms with E-state index >= 15 is 0 Å². The van der Waals surface area contributed by atoms with Crippen LogP contribution in [0.3, 0.4) is 0 Å². The molecule has 0 atom stereocenters. The summed E-state index contributed by atoms with van der Waals surface area (Å²) in [4.78, 5) is 0. The standard InChI is InChI=1S/C14H24N2O3/c1-11-12(15-7-3-9-17)5-6-13(19-2)14(11)16-8-4-10-18/h5-6,15-18H,3-4,7-10H2,1-2H3. The third-order valence-corrected chi connectivity index (χ3v) is 2.93. The second-order valence-corrected chi connectivity index (χ2v) is 4.32. The first-order chi connectivity index (χ1) is 9.24. The molecule has 0 amide bonds. The van der Waals surface area contributed by atoms with Gasteiger partial charge in [-0.15, -0.1) is 0 Å². The van der Waals surface area contributed by atoms with E-state index in [4.69, 9.17) is 14.9 Å². The van der Waals surface area contributed by atoms with Crippen molar-refractivity contribution in [2.75, 3.05) is 44.0 Å². The van der Waals surface area contributed by atoms with E-state index in [0.29, 0.717) is 13.0 Å². The van der Waals surface area contributed by atoms with Crippen molar-refractivity contribution < 1.29 is 14.9 Å². The van der Waals surface area contributed by atoms with Gasteiger partial charge in [0.05, 0.1) is 12.8 Å². The molecule has 0 aliphatic heterocycles. The maximum Gasteiger partial charge on any atom is 0.142 e. The smallest absolute Gasteiger partial charge is 0.142 e. The summed E-state index contributed by atoms with van der Waals surface area (Å²) in [6.45, 7) is 3.81. The molecule has 19 heavy (non-hydrogen) atoms. The molecule has 1 aromatic carbocycles. The van der Waals surface area contributed by atoms with Crippen molar-refractivity contribution in [3.05, 3.63) is 17.7 Å². The zero-order chi connectivity index (χ0) is 14.1. The second-order valence-electron chi connectivity index (χ2n) is 4.32. The Morgan fingerprint density at radius 3 is 2.26 bits per heavy atom. The molecular weight excluding hydrogens is 244 g/mol. The molecule has 0 heterocycles. The lowest BCUT2D eigenvalue weighted by molar-refractivity contribution is 0.292. The minimum atomic E-state index is 0.169. The van der Waals surface area contributed by atoms with Crippen LogP contribution >= 0.6 is 0 Å². The van der Waals surface area contributed by atoms with Gasteiger partial charge >= 0.3 is 0 Å². The van der Waals surface area contributed by atoms with E-state index in [-0.39, 0.29) is 13.2 Å². The van der Waals surface area contributed by atoms with Crippen LogP contribution in [-0.2, 0) is 0 Å². The van der Waals surface area contributed by atoms with E-state index in [9.17, 15) is 0 Å². The van der Waals surface area contributed by atoms with Crippen LogP contribution < -0.4 is 15.4 Å². The summed E-state index contributed by atoms with van der Waals surface area (Å²) in [6, 6.07) is 3.89. The number of hydrogen-bond donors (Lipinski definition) is 4. The molecule has 0 bridgehead atoms. The minimum absolute atomic E-state index is 0.169. The molecule has 5 heteroatoms. The normalized spacial score (nSPS) is 10.3. The van der Waals surface area contributed by atoms with Crippen LogP contribution in [0.4, 0.5) is 11.4 Å². The summed E-state index contributed by atoms with van der Waals surface area (Å²) in [5.41, 5.74) is 3.06. The topological polar surface area (TPSA) is 73.8 Å². The highest BCUT2D eigenvalue weighted by molar-refractivity contribution is 5.71. The SMILES string of the molecule is COc1ccc(NCCCO)c(C)c1NCCCO. The van der Waals surface area contributed by atoms with Crippen LogP contribution in [0.1, 0.15) is 18.4 Å². The molecule has 1 rings (SSSR count). The molecule has 0 unspecified atom stereocenters. The van der Waals surface area contributed by atoms with Crippen LogP contribution in [0.5, 0.6) is 5.75 Å². The number of hydrogen-bond acceptors (Lipinski definition) is 5. The Morgan fingerprint density at radius 1 is 1.05 bits per heavy atom. The van der Waals surface area contributed by atoms with Gasteiger partial charge in [-0.2, -0.15) is 0 Å². The number of benzene rings is 1. The zero-order valence-corrected chi connectivity index (χ0v) is 11.7. The molecule has 0 fully saturated rings. The number of ether oxygens (including phenoxy) is 1. The molecule has 0 spiro atoms. The van der Waals surface area contributed by atoms with Gasteiger partial charge in [-0.05, 0) is 37.5 Å². The van der Waals surface area contributed by atoms with E-state index < -0.39 is 0 Å². The second kappa shape index (κ2) is 8.61. The van der Waals surface area contributed by atoms with Crippen molar-refractivity contribution in [2.24, 2.45) is 0 Å². The summed E-state index contributed by atoms with van der Waals surface area (Å²) in [5.74, 6) is 0.795. The average molecular weight is 268 g/mol. The largest absolute Gasteiger partial charge is 0.495 e. The van der Waals surface area contributed by atoms with E-state index in [1.165, 1.54) is 0 Å². The van der Waals surface area contributed by atoms with Gasteiger partial charge in [0, 0.05) is 32.0 Å². The van der Waals surface area contributed by atoms with Crippen molar-refractivity contribution in [3.63, 3.8) is 0 Å². The lowest BCUT2D eigenvalue weighted by Crippen LogP contribution is -2.09. The Hall–Kier alpha value is -1.46. The Kier molecular flexibility index (Phi) is 7.07. The fourth-order valence-electron chi connectivity index (χ4n) is 1.86. The van der Waals surface area contributed by atoms with Crippen molar-refractivity contribution >= 4 is 11.4 Å². The van der Waals surface area contributed by atoms with Crippen molar-refractivity contribution in [2.45, 2.75) is 19.8 Å². The lowest BCUT2D eigenvalue weighted by atomic mass is 10.1. The molecule has 0 radical (unpaired) electrons. The average Bonchev–Trinajstić information content (AvgIpc) is 2.42. The van der Waals surface area contributed by atoms with Crippen LogP contribution in [-0.4, -0.2) is 43.6 Å². The van der Waals surface area contributed by atoms with Crippen LogP contribution in [0.15, 0.2) is 12.1 Å². The first-order valence-corrected chi connectivity index (χ1v) is 6.61. The van der Waals surface area contributed by atoms with Gasteiger partial charge in [0.25, 0.3) is 0 Å². The number of aliphatic hydroxyl groups is 2. The molecule has 108 valence electrons. The molecule has 0 aromatic heterocycles. The number of rotatable bonds is 9. The highest BCUT2D eigenvalue weighted by Gasteiger charge is 2.09. The maximum absolute atomic E-state index is 8.83. The van der Waals surface area contributed by atoms with E-state index in [0.717, 1.165) is 35.7 Å². The molecule has 5 nitrogen and oxygen atoms in total. The quantitative estimate of drug-likeness (QED) is 0.512. The number of methoxy groups -OCH3 is 1. The molecule has 1 aromatic rings. The molecule has 0 aliphatic rings. The summed E-state index contributed by atoms with van der Waals surface area (Å²) in [7, 11) is 1.64. The summed E-state index contributed by atoms with van der Waals surface area (Å²) in [5, 5.41) is 24.2. The van der Waals surface area contributed by atoms with Gasteiger partial charge in [0.1, 0.15) is 5.75 Å². The van der Waals surface area contributed by atoms with Gasteiger partial charge in [-0.25, -0.2) is 0 Å². The fourth-order valence-corrected chi connectivity index (χ4v) is 1.86. The van der Waals surface area contributed by atoms with Gasteiger partial charge in [0.15, 0.2) is 0 Å². The van der Waals surface area contributed by atoms with E-state index in [1.807, 2.05) is 19.1 Å². The van der Waals surface area contributed by atoms with Gasteiger partial charge in [0.2, 0.25) is 0 Å². The number of anilines is 2. The van der Waals surface area contributed by atoms with Gasteiger partial charge < -0.3 is 25.6 Å². The first-order valence-electron chi connectivity index (χ1n) is 6.61. The summed E-state index contributed by atoms with van der Waals surface area (Å²) >= 11 is 0. The highest BCUT2D eigenvalue weighted by atomic mass is 16.5. The Balaban J connectivity index is 2.81.